The van der Waals surface area contributed by atoms with E-state index in [4.69, 9.17) is 4.74 Å². The number of ether oxygens (including phenoxy) is 1. The summed E-state index contributed by atoms with van der Waals surface area (Å²) in [7, 11) is 0. The third kappa shape index (κ3) is 7.11. The first kappa shape index (κ1) is 25.4. The molecule has 8 nitrogen and oxygen atoms in total. The number of hydrogen-bond donors (Lipinski definition) is 3. The number of rotatable bonds is 9. The minimum Gasteiger partial charge on any atom is -0.380 e. The molecular formula is C24H31F2N5O3. The first-order valence-electron chi connectivity index (χ1n) is 11.4. The smallest absolute Gasteiger partial charge is 0.272 e. The number of carbonyl (C=O) groups is 1. The van der Waals surface area contributed by atoms with E-state index in [9.17, 15) is 18.4 Å². The van der Waals surface area contributed by atoms with Gasteiger partial charge in [0.05, 0.1) is 13.2 Å². The van der Waals surface area contributed by atoms with Crippen molar-refractivity contribution >= 4 is 23.0 Å². The van der Waals surface area contributed by atoms with Crippen LogP contribution in [0.5, 0.6) is 0 Å². The molecule has 184 valence electrons. The maximum atomic E-state index is 13.7. The second-order valence-electron chi connectivity index (χ2n) is 8.24. The zero-order valence-electron chi connectivity index (χ0n) is 19.5. The Hall–Kier alpha value is -3.27. The van der Waals surface area contributed by atoms with Crippen LogP contribution in [-0.2, 0) is 4.74 Å². The van der Waals surface area contributed by atoms with Crippen LogP contribution >= 0.6 is 0 Å². The number of alkyl halides is 2. The van der Waals surface area contributed by atoms with Crippen molar-refractivity contribution in [2.75, 3.05) is 43.5 Å². The van der Waals surface area contributed by atoms with Gasteiger partial charge < -0.3 is 25.3 Å². The number of allylic oxidation sites excluding steroid dienone is 1. The molecule has 0 aromatic carbocycles. The number of pyridine rings is 2. The first-order valence-corrected chi connectivity index (χ1v) is 11.4. The van der Waals surface area contributed by atoms with Gasteiger partial charge in [-0.05, 0) is 31.0 Å². The van der Waals surface area contributed by atoms with Crippen LogP contribution in [0.15, 0.2) is 41.5 Å². The lowest BCUT2D eigenvalue weighted by Crippen LogP contribution is -2.34. The molecule has 1 fully saturated rings. The Morgan fingerprint density at radius 2 is 2.15 bits per heavy atom. The van der Waals surface area contributed by atoms with E-state index in [0.717, 1.165) is 19.8 Å². The van der Waals surface area contributed by atoms with Crippen LogP contribution in [0, 0.1) is 0 Å². The van der Waals surface area contributed by atoms with Gasteiger partial charge in [0.25, 0.3) is 17.4 Å². The predicted octanol–water partition coefficient (Wildman–Crippen LogP) is 3.95. The molecular weight excluding hydrogens is 444 g/mol. The monoisotopic (exact) mass is 475 g/mol. The molecule has 1 aliphatic heterocycles. The maximum absolute atomic E-state index is 13.7. The quantitative estimate of drug-likeness (QED) is 0.508. The Bertz CT molecular complexity index is 1060. The molecule has 1 saturated heterocycles. The molecule has 1 amide bonds. The molecule has 0 saturated carbocycles. The van der Waals surface area contributed by atoms with Gasteiger partial charge in [-0.25, -0.2) is 8.78 Å². The Morgan fingerprint density at radius 1 is 1.32 bits per heavy atom. The molecule has 0 atom stereocenters. The van der Waals surface area contributed by atoms with E-state index in [1.165, 1.54) is 18.5 Å². The van der Waals surface area contributed by atoms with Gasteiger partial charge in [-0.2, -0.15) is 0 Å². The van der Waals surface area contributed by atoms with Crippen LogP contribution in [0.3, 0.4) is 0 Å². The second kappa shape index (κ2) is 11.7. The zero-order valence-corrected chi connectivity index (χ0v) is 19.5. The SMILES string of the molecule is CCC/C=C(/Nc1ccc[nH]c1=O)c1cnc(C(=O)N2CCCOCC2)cc1NCC(C)(F)F. The highest BCUT2D eigenvalue weighted by atomic mass is 19.3. The van der Waals surface area contributed by atoms with Gasteiger partial charge in [-0.3, -0.25) is 14.6 Å². The summed E-state index contributed by atoms with van der Waals surface area (Å²) in [5, 5.41) is 5.86. The van der Waals surface area contributed by atoms with E-state index in [2.05, 4.69) is 20.6 Å². The summed E-state index contributed by atoms with van der Waals surface area (Å²) >= 11 is 0. The van der Waals surface area contributed by atoms with E-state index in [0.29, 0.717) is 55.4 Å². The molecule has 1 aliphatic rings. The molecule has 0 aliphatic carbocycles. The third-order valence-corrected chi connectivity index (χ3v) is 5.24. The fourth-order valence-electron chi connectivity index (χ4n) is 3.48. The molecule has 3 heterocycles. The number of unbranched alkanes of at least 4 members (excludes halogenated alkanes) is 1. The van der Waals surface area contributed by atoms with Crippen molar-refractivity contribution in [2.45, 2.75) is 39.0 Å². The highest BCUT2D eigenvalue weighted by Gasteiger charge is 2.24. The minimum atomic E-state index is -2.97. The number of carbonyl (C=O) groups excluding carboxylic acids is 1. The summed E-state index contributed by atoms with van der Waals surface area (Å²) in [5.74, 6) is -3.25. The highest BCUT2D eigenvalue weighted by molar-refractivity contribution is 5.94. The topological polar surface area (TPSA) is 99.3 Å². The van der Waals surface area contributed by atoms with Gasteiger partial charge in [0.1, 0.15) is 11.4 Å². The van der Waals surface area contributed by atoms with Crippen molar-refractivity contribution in [3.05, 3.63) is 58.3 Å². The summed E-state index contributed by atoms with van der Waals surface area (Å²) in [4.78, 5) is 33.9. The van der Waals surface area contributed by atoms with Crippen LogP contribution in [0.25, 0.3) is 5.70 Å². The Balaban J connectivity index is 1.99. The van der Waals surface area contributed by atoms with Gasteiger partial charge >= 0.3 is 0 Å². The van der Waals surface area contributed by atoms with Crippen LogP contribution in [0.4, 0.5) is 20.2 Å². The second-order valence-corrected chi connectivity index (χ2v) is 8.24. The molecule has 0 unspecified atom stereocenters. The number of aromatic amines is 1. The molecule has 2 aromatic rings. The van der Waals surface area contributed by atoms with Gasteiger partial charge in [0.15, 0.2) is 0 Å². The number of H-pyrrole nitrogens is 1. The molecule has 0 radical (unpaired) electrons. The fourth-order valence-corrected chi connectivity index (χ4v) is 3.48. The fraction of sp³-hybridized carbons (Fsp3) is 0.458. The normalized spacial score (nSPS) is 15.1. The van der Waals surface area contributed by atoms with E-state index < -0.39 is 12.5 Å². The predicted molar refractivity (Wildman–Crippen MR) is 128 cm³/mol. The van der Waals surface area contributed by atoms with Crippen LogP contribution in [0.1, 0.15) is 49.2 Å². The van der Waals surface area contributed by atoms with E-state index in [1.807, 2.05) is 13.0 Å². The molecule has 0 spiro atoms. The standard InChI is InChI=1S/C24H31F2N5O3/c1-3-4-7-18(30-19-8-5-9-27-22(19)32)17-15-28-21(14-20(17)29-16-24(2,25)26)23(33)31-10-6-12-34-13-11-31/h5,7-9,14-15,30H,3-4,6,10-13,16H2,1-2H3,(H,27,32)(H,28,29)/b18-7+. The summed E-state index contributed by atoms with van der Waals surface area (Å²) in [6, 6.07) is 4.80. The minimum absolute atomic E-state index is 0.153. The third-order valence-electron chi connectivity index (χ3n) is 5.24. The number of amides is 1. The van der Waals surface area contributed by atoms with Crippen LogP contribution < -0.4 is 16.2 Å². The Kier molecular flexibility index (Phi) is 8.75. The number of halogens is 2. The van der Waals surface area contributed by atoms with Crippen molar-refractivity contribution in [3.8, 4) is 0 Å². The van der Waals surface area contributed by atoms with Crippen molar-refractivity contribution in [2.24, 2.45) is 0 Å². The van der Waals surface area contributed by atoms with E-state index >= 15 is 0 Å². The lowest BCUT2D eigenvalue weighted by Gasteiger charge is -2.22. The van der Waals surface area contributed by atoms with Crippen LogP contribution in [-0.4, -0.2) is 59.5 Å². The summed E-state index contributed by atoms with van der Waals surface area (Å²) in [6.45, 7) is 4.21. The van der Waals surface area contributed by atoms with Crippen molar-refractivity contribution in [1.82, 2.24) is 14.9 Å². The number of nitrogens with zero attached hydrogens (tertiary/aromatic N) is 2. The molecule has 3 N–H and O–H groups in total. The van der Waals surface area contributed by atoms with E-state index in [-0.39, 0.29) is 17.2 Å². The molecule has 10 heteroatoms. The van der Waals surface area contributed by atoms with Gasteiger partial charge in [-0.15, -0.1) is 0 Å². The van der Waals surface area contributed by atoms with E-state index in [1.54, 1.807) is 17.0 Å². The summed E-state index contributed by atoms with van der Waals surface area (Å²) < 4.78 is 32.8. The number of hydrogen-bond acceptors (Lipinski definition) is 6. The number of nitrogens with one attached hydrogen (secondary N) is 3. The molecule has 0 bridgehead atoms. The van der Waals surface area contributed by atoms with Gasteiger partial charge in [0.2, 0.25) is 0 Å². The van der Waals surface area contributed by atoms with Crippen molar-refractivity contribution in [3.63, 3.8) is 0 Å². The first-order chi connectivity index (χ1) is 16.3. The number of anilines is 2. The average molecular weight is 476 g/mol. The Morgan fingerprint density at radius 3 is 2.88 bits per heavy atom. The molecule has 34 heavy (non-hydrogen) atoms. The molecule has 2 aromatic heterocycles. The van der Waals surface area contributed by atoms with Crippen LogP contribution in [0.2, 0.25) is 0 Å². The highest BCUT2D eigenvalue weighted by Crippen LogP contribution is 2.27. The van der Waals surface area contributed by atoms with Crippen molar-refractivity contribution in [1.29, 1.82) is 0 Å². The van der Waals surface area contributed by atoms with Crippen molar-refractivity contribution < 1.29 is 18.3 Å². The largest absolute Gasteiger partial charge is 0.380 e. The lowest BCUT2D eigenvalue weighted by atomic mass is 10.1. The lowest BCUT2D eigenvalue weighted by molar-refractivity contribution is 0.0367. The Labute approximate surface area is 197 Å². The average Bonchev–Trinajstić information content (AvgIpc) is 3.10. The van der Waals surface area contributed by atoms with Gasteiger partial charge in [-0.1, -0.05) is 19.4 Å². The maximum Gasteiger partial charge on any atom is 0.272 e. The molecule has 3 rings (SSSR count). The van der Waals surface area contributed by atoms with Gasteiger partial charge in [0, 0.05) is 56.0 Å². The summed E-state index contributed by atoms with van der Waals surface area (Å²) in [6.07, 6.45) is 7.12. The number of aromatic nitrogens is 2. The zero-order chi connectivity index (χ0) is 24.6. The summed E-state index contributed by atoms with van der Waals surface area (Å²) in [5.41, 5.74) is 1.49.